The molecule has 3 heteroatoms. The molecular formula is C13H20O2S. The lowest BCUT2D eigenvalue weighted by atomic mass is 10.2. The van der Waals surface area contributed by atoms with Crippen LogP contribution in [0.5, 0.6) is 0 Å². The van der Waals surface area contributed by atoms with Crippen LogP contribution in [0, 0.1) is 6.92 Å². The van der Waals surface area contributed by atoms with Crippen molar-refractivity contribution in [1.29, 1.82) is 0 Å². The van der Waals surface area contributed by atoms with E-state index in [4.69, 9.17) is 0 Å². The Morgan fingerprint density at radius 1 is 1.31 bits per heavy atom. The fraction of sp³-hybridized carbons (Fsp3) is 0.538. The molecule has 0 aliphatic heterocycles. The molecule has 90 valence electrons. The highest BCUT2D eigenvalue weighted by molar-refractivity contribution is 7.85. The molecule has 1 rings (SSSR count). The molecule has 1 aromatic carbocycles. The minimum Gasteiger partial charge on any atom is -0.392 e. The lowest BCUT2D eigenvalue weighted by molar-refractivity contribution is 0.185. The van der Waals surface area contributed by atoms with Gasteiger partial charge in [-0.05, 0) is 32.4 Å². The van der Waals surface area contributed by atoms with Gasteiger partial charge in [0.05, 0.1) is 22.2 Å². The second-order valence-corrected chi connectivity index (χ2v) is 5.85. The van der Waals surface area contributed by atoms with E-state index in [0.29, 0.717) is 0 Å². The van der Waals surface area contributed by atoms with Crippen LogP contribution in [-0.4, -0.2) is 20.7 Å². The van der Waals surface area contributed by atoms with E-state index in [-0.39, 0.29) is 5.25 Å². The number of rotatable bonds is 5. The molecular weight excluding hydrogens is 220 g/mol. The fourth-order valence-corrected chi connectivity index (χ4v) is 3.22. The van der Waals surface area contributed by atoms with Crippen LogP contribution < -0.4 is 0 Å². The zero-order chi connectivity index (χ0) is 12.1. The Labute approximate surface area is 100 Å². The van der Waals surface area contributed by atoms with Gasteiger partial charge in [-0.15, -0.1) is 0 Å². The molecule has 0 aliphatic rings. The van der Waals surface area contributed by atoms with E-state index < -0.39 is 16.9 Å². The van der Waals surface area contributed by atoms with Gasteiger partial charge >= 0.3 is 0 Å². The Kier molecular flexibility index (Phi) is 5.16. The summed E-state index contributed by atoms with van der Waals surface area (Å²) in [6.07, 6.45) is 1.20. The summed E-state index contributed by atoms with van der Waals surface area (Å²) < 4.78 is 12.2. The van der Waals surface area contributed by atoms with E-state index in [2.05, 4.69) is 0 Å². The Balaban J connectivity index is 2.86. The molecule has 1 unspecified atom stereocenters. The molecule has 3 atom stereocenters. The van der Waals surface area contributed by atoms with Crippen molar-refractivity contribution in [3.8, 4) is 0 Å². The lowest BCUT2D eigenvalue weighted by Crippen LogP contribution is -2.27. The first-order chi connectivity index (χ1) is 7.56. The second-order valence-electron chi connectivity index (χ2n) is 4.18. The topological polar surface area (TPSA) is 37.3 Å². The number of benzene rings is 1. The van der Waals surface area contributed by atoms with E-state index in [1.54, 1.807) is 6.92 Å². The third kappa shape index (κ3) is 3.42. The Morgan fingerprint density at radius 3 is 2.31 bits per heavy atom. The average Bonchev–Trinajstić information content (AvgIpc) is 2.25. The van der Waals surface area contributed by atoms with Gasteiger partial charge in [0.1, 0.15) is 0 Å². The van der Waals surface area contributed by atoms with Crippen LogP contribution in [0.3, 0.4) is 0 Å². The van der Waals surface area contributed by atoms with Gasteiger partial charge < -0.3 is 5.11 Å². The predicted molar refractivity (Wildman–Crippen MR) is 68.0 cm³/mol. The summed E-state index contributed by atoms with van der Waals surface area (Å²) in [6.45, 7) is 5.76. The van der Waals surface area contributed by atoms with E-state index in [1.165, 1.54) is 0 Å². The van der Waals surface area contributed by atoms with Crippen LogP contribution in [0.15, 0.2) is 29.2 Å². The molecule has 1 aromatic rings. The Bertz CT molecular complexity index is 343. The fourth-order valence-electron chi connectivity index (χ4n) is 1.66. The quantitative estimate of drug-likeness (QED) is 0.859. The van der Waals surface area contributed by atoms with Crippen molar-refractivity contribution < 1.29 is 9.32 Å². The van der Waals surface area contributed by atoms with Gasteiger partial charge in [-0.2, -0.15) is 0 Å². The smallest absolute Gasteiger partial charge is 0.0659 e. The van der Waals surface area contributed by atoms with Crippen molar-refractivity contribution in [3.63, 3.8) is 0 Å². The third-order valence-corrected chi connectivity index (χ3v) is 4.56. The largest absolute Gasteiger partial charge is 0.392 e. The molecule has 2 nitrogen and oxygen atoms in total. The number of aliphatic hydroxyl groups excluding tert-OH is 1. The zero-order valence-electron chi connectivity index (χ0n) is 10.1. The molecule has 0 radical (unpaired) electrons. The summed E-state index contributed by atoms with van der Waals surface area (Å²) in [7, 11) is -1.11. The van der Waals surface area contributed by atoms with E-state index >= 15 is 0 Å². The second kappa shape index (κ2) is 6.16. The zero-order valence-corrected chi connectivity index (χ0v) is 11.0. The summed E-state index contributed by atoms with van der Waals surface area (Å²) >= 11 is 0. The Morgan fingerprint density at radius 2 is 1.88 bits per heavy atom. The summed E-state index contributed by atoms with van der Waals surface area (Å²) in [5, 5.41) is 9.48. The maximum Gasteiger partial charge on any atom is 0.0659 e. The van der Waals surface area contributed by atoms with Crippen LogP contribution in [0.1, 0.15) is 32.3 Å². The highest BCUT2D eigenvalue weighted by Crippen LogP contribution is 2.18. The van der Waals surface area contributed by atoms with Gasteiger partial charge in [0.25, 0.3) is 0 Å². The molecule has 0 bridgehead atoms. The molecule has 1 N–H and O–H groups in total. The van der Waals surface area contributed by atoms with Crippen LogP contribution in [0.2, 0.25) is 0 Å². The molecule has 0 saturated carbocycles. The van der Waals surface area contributed by atoms with E-state index in [9.17, 15) is 9.32 Å². The van der Waals surface area contributed by atoms with Crippen molar-refractivity contribution in [2.45, 2.75) is 49.9 Å². The average molecular weight is 240 g/mol. The van der Waals surface area contributed by atoms with Gasteiger partial charge in [-0.25, -0.2) is 0 Å². The van der Waals surface area contributed by atoms with Crippen molar-refractivity contribution in [2.75, 3.05) is 0 Å². The normalized spacial score (nSPS) is 16.8. The highest BCUT2D eigenvalue weighted by atomic mass is 32.2. The number of aliphatic hydroxyl groups is 1. The van der Waals surface area contributed by atoms with Crippen LogP contribution in [-0.2, 0) is 10.8 Å². The monoisotopic (exact) mass is 240 g/mol. The predicted octanol–water partition coefficient (Wildman–Crippen LogP) is 2.65. The maximum absolute atomic E-state index is 12.2. The standard InChI is InChI=1S/C13H20O2S/c1-4-5-13(11(3)14)16(15)12-8-6-10(2)7-9-12/h6-9,11,13-14H,4-5H2,1-3H3/t11-,13+,16?/m0/s1. The molecule has 0 aliphatic carbocycles. The summed E-state index contributed by atoms with van der Waals surface area (Å²) in [6, 6.07) is 7.68. The van der Waals surface area contributed by atoms with Gasteiger partial charge in [0.2, 0.25) is 0 Å². The molecule has 0 fully saturated rings. The van der Waals surface area contributed by atoms with Crippen LogP contribution >= 0.6 is 0 Å². The van der Waals surface area contributed by atoms with E-state index in [0.717, 1.165) is 23.3 Å². The molecule has 0 aromatic heterocycles. The maximum atomic E-state index is 12.2. The summed E-state index contributed by atoms with van der Waals surface area (Å²) in [5.74, 6) is 0. The SMILES string of the molecule is CCC[C@H]([C@H](C)O)S(=O)c1ccc(C)cc1. The Hall–Kier alpha value is -0.670. The van der Waals surface area contributed by atoms with Gasteiger partial charge in [-0.1, -0.05) is 31.0 Å². The summed E-state index contributed by atoms with van der Waals surface area (Å²) in [4.78, 5) is 0.810. The lowest BCUT2D eigenvalue weighted by Gasteiger charge is -2.18. The molecule has 0 saturated heterocycles. The molecule has 0 spiro atoms. The first-order valence-electron chi connectivity index (χ1n) is 5.71. The van der Waals surface area contributed by atoms with Crippen molar-refractivity contribution in [1.82, 2.24) is 0 Å². The number of aryl methyl sites for hydroxylation is 1. The first kappa shape index (κ1) is 13.4. The van der Waals surface area contributed by atoms with Gasteiger partial charge in [-0.3, -0.25) is 4.21 Å². The van der Waals surface area contributed by atoms with Crippen molar-refractivity contribution in [2.24, 2.45) is 0 Å². The molecule has 0 amide bonds. The minimum absolute atomic E-state index is 0.160. The highest BCUT2D eigenvalue weighted by Gasteiger charge is 2.22. The minimum atomic E-state index is -1.11. The number of hydrogen-bond donors (Lipinski definition) is 1. The van der Waals surface area contributed by atoms with Crippen LogP contribution in [0.25, 0.3) is 0 Å². The number of hydrogen-bond acceptors (Lipinski definition) is 2. The van der Waals surface area contributed by atoms with Crippen molar-refractivity contribution in [3.05, 3.63) is 29.8 Å². The first-order valence-corrected chi connectivity index (χ1v) is 6.93. The van der Waals surface area contributed by atoms with Crippen LogP contribution in [0.4, 0.5) is 0 Å². The summed E-state index contributed by atoms with van der Waals surface area (Å²) in [5.41, 5.74) is 1.16. The third-order valence-electron chi connectivity index (χ3n) is 2.64. The van der Waals surface area contributed by atoms with Crippen molar-refractivity contribution >= 4 is 10.8 Å². The molecule has 0 heterocycles. The van der Waals surface area contributed by atoms with Gasteiger partial charge in [0, 0.05) is 4.90 Å². The molecule has 16 heavy (non-hydrogen) atoms. The van der Waals surface area contributed by atoms with E-state index in [1.807, 2.05) is 38.1 Å². The van der Waals surface area contributed by atoms with Gasteiger partial charge in [0.15, 0.2) is 0 Å².